The van der Waals surface area contributed by atoms with Crippen LogP contribution in [0.2, 0.25) is 0 Å². The van der Waals surface area contributed by atoms with E-state index in [0.29, 0.717) is 0 Å². The summed E-state index contributed by atoms with van der Waals surface area (Å²) in [5.41, 5.74) is 0.942. The summed E-state index contributed by atoms with van der Waals surface area (Å²) in [5, 5.41) is 11.4. The van der Waals surface area contributed by atoms with Crippen LogP contribution in [0.5, 0.6) is 0 Å². The molecule has 0 aromatic carbocycles. The number of carbonyl (C=O) groups excluding carboxylic acids is 2. The number of carbonyl (C=O) groups is 2. The first-order chi connectivity index (χ1) is 18.6. The molecule has 1 heterocycles. The number of likely N-dealkylation sites (N-methyl/N-ethyl adjacent to an activating group) is 1. The van der Waals surface area contributed by atoms with Crippen LogP contribution in [0.15, 0.2) is 22.4 Å². The molecule has 0 aliphatic heterocycles. The van der Waals surface area contributed by atoms with Crippen LogP contribution >= 0.6 is 0 Å². The van der Waals surface area contributed by atoms with Gasteiger partial charge in [-0.25, -0.2) is 4.79 Å². The van der Waals surface area contributed by atoms with Crippen molar-refractivity contribution in [1.82, 2.24) is 15.8 Å². The number of fused-ring (bicyclic) bond motifs is 8. The maximum absolute atomic E-state index is 14.7. The Morgan fingerprint density at radius 1 is 1.00 bits per heavy atom. The maximum atomic E-state index is 14.7. The van der Waals surface area contributed by atoms with Gasteiger partial charge < -0.3 is 19.9 Å². The fourth-order valence-corrected chi connectivity index (χ4v) is 11.3. The number of hydrogen-bond acceptors (Lipinski definition) is 6. The number of aromatic nitrogens is 1. The van der Waals surface area contributed by atoms with Gasteiger partial charge in [-0.05, 0) is 86.7 Å². The predicted molar refractivity (Wildman–Crippen MR) is 154 cm³/mol. The van der Waals surface area contributed by atoms with Gasteiger partial charge in [0.1, 0.15) is 5.76 Å². The number of allylic oxidation sites excluding steroid dienone is 1. The van der Waals surface area contributed by atoms with Gasteiger partial charge in [-0.1, -0.05) is 59.2 Å². The van der Waals surface area contributed by atoms with Gasteiger partial charge in [-0.3, -0.25) is 4.79 Å². The summed E-state index contributed by atoms with van der Waals surface area (Å²) < 4.78 is 11.0. The first kappa shape index (κ1) is 28.0. The number of amides is 1. The minimum Gasteiger partial charge on any atom is -0.453 e. The number of ketones is 1. The summed E-state index contributed by atoms with van der Waals surface area (Å²) in [4.78, 5) is 27.4. The molecule has 6 rings (SSSR count). The van der Waals surface area contributed by atoms with Crippen molar-refractivity contribution in [1.29, 1.82) is 0 Å². The number of alkyl carbamates (subject to hydrolysis) is 1. The number of methoxy groups -OCH3 is 1. The molecular weight excluding hydrogens is 502 g/mol. The van der Waals surface area contributed by atoms with Crippen LogP contribution in [-0.4, -0.2) is 42.3 Å². The van der Waals surface area contributed by atoms with Gasteiger partial charge >= 0.3 is 6.09 Å². The summed E-state index contributed by atoms with van der Waals surface area (Å²) in [6, 6.07) is 0. The normalized spacial score (nSPS) is 44.6. The van der Waals surface area contributed by atoms with Crippen LogP contribution in [0.1, 0.15) is 105 Å². The molecular formula is C33H49N3O4. The van der Waals surface area contributed by atoms with Crippen molar-refractivity contribution in [3.63, 3.8) is 0 Å². The highest BCUT2D eigenvalue weighted by molar-refractivity contribution is 5.96. The van der Waals surface area contributed by atoms with Crippen LogP contribution in [-0.2, 0) is 21.4 Å². The van der Waals surface area contributed by atoms with E-state index in [-0.39, 0.29) is 56.3 Å². The quantitative estimate of drug-likeness (QED) is 0.460. The maximum Gasteiger partial charge on any atom is 0.407 e. The Hall–Kier alpha value is -2.15. The van der Waals surface area contributed by atoms with E-state index in [1.165, 1.54) is 12.7 Å². The fraction of sp³-hybridized carbons (Fsp3) is 0.788. The summed E-state index contributed by atoms with van der Waals surface area (Å²) in [7, 11) is 3.52. The third-order valence-corrected chi connectivity index (χ3v) is 13.7. The van der Waals surface area contributed by atoms with Gasteiger partial charge in [0.2, 0.25) is 0 Å². The third kappa shape index (κ3) is 3.13. The molecule has 40 heavy (non-hydrogen) atoms. The number of hydrogen-bond donors (Lipinski definition) is 2. The Morgan fingerprint density at radius 3 is 2.38 bits per heavy atom. The third-order valence-electron chi connectivity index (χ3n) is 13.7. The van der Waals surface area contributed by atoms with E-state index in [0.717, 1.165) is 62.7 Å². The molecule has 0 radical (unpaired) electrons. The number of rotatable bonds is 2. The first-order valence-electron chi connectivity index (χ1n) is 15.3. The highest BCUT2D eigenvalue weighted by atomic mass is 16.5. The van der Waals surface area contributed by atoms with Gasteiger partial charge in [0, 0.05) is 33.4 Å². The number of nitrogens with one attached hydrogen (secondary N) is 2. The number of nitrogens with zero attached hydrogens (tertiary/aromatic N) is 1. The molecule has 7 atom stereocenters. The van der Waals surface area contributed by atoms with Crippen molar-refractivity contribution < 1.29 is 18.8 Å². The second-order valence-corrected chi connectivity index (χ2v) is 15.9. The standard InChI is InChI=1S/C33H49N3O4/c1-27(2)10-13-32(36-26(38)39-9)14-11-30(6)24(21(32)18-27)22(37)16-23-29(30,5)12-15-33(34-8)28(3,4)25-20(19-35-40-25)17-31(23,33)7/h16,19,21,24,34H,10-15,17-18H2,1-9H3,(H,36,38)/t21-,24-,29+,30+,31+,32-,33+/m0/s1. The van der Waals surface area contributed by atoms with Crippen LogP contribution < -0.4 is 10.6 Å². The molecule has 5 aliphatic rings. The highest BCUT2D eigenvalue weighted by Crippen LogP contribution is 2.74. The predicted octanol–water partition coefficient (Wildman–Crippen LogP) is 6.12. The Balaban J connectivity index is 1.52. The Bertz CT molecular complexity index is 1300. The van der Waals surface area contributed by atoms with Crippen molar-refractivity contribution in [2.45, 2.75) is 116 Å². The molecule has 3 saturated carbocycles. The van der Waals surface area contributed by atoms with Gasteiger partial charge in [-0.15, -0.1) is 0 Å². The largest absolute Gasteiger partial charge is 0.453 e. The molecule has 7 nitrogen and oxygen atoms in total. The van der Waals surface area contributed by atoms with Gasteiger partial charge in [0.25, 0.3) is 0 Å². The second kappa shape index (κ2) is 8.23. The van der Waals surface area contributed by atoms with Crippen LogP contribution in [0.4, 0.5) is 4.79 Å². The molecule has 0 bridgehead atoms. The van der Waals surface area contributed by atoms with Crippen molar-refractivity contribution in [2.75, 3.05) is 14.2 Å². The van der Waals surface area contributed by atoms with Crippen LogP contribution in [0, 0.1) is 33.5 Å². The fourth-order valence-electron chi connectivity index (χ4n) is 11.3. The van der Waals surface area contributed by atoms with Crippen molar-refractivity contribution in [2.24, 2.45) is 33.5 Å². The summed E-state index contributed by atoms with van der Waals surface area (Å²) in [6.07, 6.45) is 11.0. The SMILES string of the molecule is CN[C@@]12CC[C@]3(C)C(=CC(=O)[C@@H]4[C@@H]5CC(C)(C)CC[C@]5(NC(=O)OC)CC[C@]43C)[C@@]1(C)Cc1cnoc1C2(C)C. The van der Waals surface area contributed by atoms with E-state index < -0.39 is 5.54 Å². The lowest BCUT2D eigenvalue weighted by Gasteiger charge is -2.72. The minimum atomic E-state index is -0.401. The van der Waals surface area contributed by atoms with Crippen LogP contribution in [0.3, 0.4) is 0 Å². The van der Waals surface area contributed by atoms with Gasteiger partial charge in [-0.2, -0.15) is 0 Å². The van der Waals surface area contributed by atoms with Crippen molar-refractivity contribution in [3.8, 4) is 0 Å². The monoisotopic (exact) mass is 551 g/mol. The smallest absolute Gasteiger partial charge is 0.407 e. The van der Waals surface area contributed by atoms with E-state index in [1.54, 1.807) is 0 Å². The molecule has 3 fully saturated rings. The zero-order chi connectivity index (χ0) is 29.1. The van der Waals surface area contributed by atoms with Crippen molar-refractivity contribution >= 4 is 11.9 Å². The topological polar surface area (TPSA) is 93.5 Å². The molecule has 7 heteroatoms. The number of ether oxygens (including phenoxy) is 1. The Kier molecular flexibility index (Phi) is 5.76. The molecule has 220 valence electrons. The van der Waals surface area contributed by atoms with Crippen molar-refractivity contribution in [3.05, 3.63) is 29.2 Å². The average molecular weight is 552 g/mol. The lowest BCUT2D eigenvalue weighted by atomic mass is 9.33. The van der Waals surface area contributed by atoms with E-state index in [1.807, 2.05) is 6.20 Å². The second-order valence-electron chi connectivity index (χ2n) is 15.9. The molecule has 1 aromatic rings. The zero-order valence-corrected chi connectivity index (χ0v) is 26.0. The van der Waals surface area contributed by atoms with E-state index in [2.05, 4.69) is 77.4 Å². The first-order valence-corrected chi connectivity index (χ1v) is 15.3. The summed E-state index contributed by atoms with van der Waals surface area (Å²) in [5.74, 6) is 1.15. The average Bonchev–Trinajstić information content (AvgIpc) is 3.35. The molecule has 5 aliphatic carbocycles. The molecule has 0 spiro atoms. The van der Waals surface area contributed by atoms with E-state index in [4.69, 9.17) is 9.26 Å². The zero-order valence-electron chi connectivity index (χ0n) is 26.0. The Morgan fingerprint density at radius 2 is 1.70 bits per heavy atom. The molecule has 2 N–H and O–H groups in total. The molecule has 0 saturated heterocycles. The Labute approximate surface area is 239 Å². The summed E-state index contributed by atoms with van der Waals surface area (Å²) in [6.45, 7) is 16.4. The lowest BCUT2D eigenvalue weighted by molar-refractivity contribution is -0.163. The van der Waals surface area contributed by atoms with Gasteiger partial charge in [0.05, 0.1) is 13.3 Å². The minimum absolute atomic E-state index is 0.0764. The lowest BCUT2D eigenvalue weighted by Crippen LogP contribution is -2.75. The van der Waals surface area contributed by atoms with Crippen LogP contribution in [0.25, 0.3) is 0 Å². The molecule has 0 unspecified atom stereocenters. The summed E-state index contributed by atoms with van der Waals surface area (Å²) >= 11 is 0. The highest BCUT2D eigenvalue weighted by Gasteiger charge is 2.73. The van der Waals surface area contributed by atoms with E-state index in [9.17, 15) is 9.59 Å². The molecule has 1 amide bonds. The van der Waals surface area contributed by atoms with Gasteiger partial charge in [0.15, 0.2) is 5.78 Å². The van der Waals surface area contributed by atoms with E-state index >= 15 is 0 Å². The molecule has 1 aromatic heterocycles.